The number of benzene rings is 1. The minimum atomic E-state index is -0.226. The van der Waals surface area contributed by atoms with Gasteiger partial charge in [-0.05, 0) is 36.6 Å². The van der Waals surface area contributed by atoms with E-state index in [-0.39, 0.29) is 5.82 Å². The molecule has 0 aliphatic rings. The number of aryl methyl sites for hydroxylation is 2. The molecule has 0 aromatic heterocycles. The van der Waals surface area contributed by atoms with Gasteiger partial charge in [-0.25, -0.2) is 4.39 Å². The maximum atomic E-state index is 12.8. The third kappa shape index (κ3) is 2.46. The Labute approximate surface area is 71.2 Å². The maximum Gasteiger partial charge on any atom is 0.123 e. The number of hydrogen-bond donors (Lipinski definition) is 0. The topological polar surface area (TPSA) is 17.1 Å². The molecular formula is C10H11FO. The molecule has 0 N–H and O–H groups in total. The lowest BCUT2D eigenvalue weighted by Crippen LogP contribution is -1.89. The smallest absolute Gasteiger partial charge is 0.123 e. The van der Waals surface area contributed by atoms with Crippen LogP contribution in [0.3, 0.4) is 0 Å². The van der Waals surface area contributed by atoms with E-state index in [9.17, 15) is 9.18 Å². The molecule has 0 aliphatic carbocycles. The van der Waals surface area contributed by atoms with Gasteiger partial charge in [-0.2, -0.15) is 0 Å². The van der Waals surface area contributed by atoms with Crippen molar-refractivity contribution < 1.29 is 9.18 Å². The van der Waals surface area contributed by atoms with Crippen LogP contribution in [-0.2, 0) is 11.2 Å². The van der Waals surface area contributed by atoms with Crippen LogP contribution in [0.1, 0.15) is 17.5 Å². The van der Waals surface area contributed by atoms with E-state index in [1.54, 1.807) is 0 Å². The summed E-state index contributed by atoms with van der Waals surface area (Å²) < 4.78 is 12.8. The van der Waals surface area contributed by atoms with Crippen molar-refractivity contribution in [2.75, 3.05) is 0 Å². The van der Waals surface area contributed by atoms with Gasteiger partial charge in [-0.3, -0.25) is 0 Å². The first-order chi connectivity index (χ1) is 5.72. The van der Waals surface area contributed by atoms with Crippen molar-refractivity contribution in [3.05, 3.63) is 35.1 Å². The van der Waals surface area contributed by atoms with E-state index in [2.05, 4.69) is 0 Å². The molecule has 0 aliphatic heterocycles. The maximum absolute atomic E-state index is 12.8. The molecule has 0 bridgehead atoms. The van der Waals surface area contributed by atoms with Gasteiger partial charge in [0, 0.05) is 6.42 Å². The second-order valence-corrected chi connectivity index (χ2v) is 2.84. The molecule has 0 heterocycles. The Kier molecular flexibility index (Phi) is 2.97. The number of carbonyl (C=O) groups excluding carboxylic acids is 1. The Morgan fingerprint density at radius 2 is 2.17 bits per heavy atom. The van der Waals surface area contributed by atoms with Crippen LogP contribution in [0.25, 0.3) is 0 Å². The molecule has 1 nitrogen and oxygen atoms in total. The van der Waals surface area contributed by atoms with Crippen LogP contribution in [0.2, 0.25) is 0 Å². The third-order valence-corrected chi connectivity index (χ3v) is 1.65. The SMILES string of the molecule is Cc1cc(F)cc(CCC=O)c1. The Hall–Kier alpha value is -1.18. The molecule has 2 heteroatoms. The van der Waals surface area contributed by atoms with Crippen molar-refractivity contribution >= 4 is 6.29 Å². The molecule has 1 aromatic carbocycles. The molecule has 1 rings (SSSR count). The monoisotopic (exact) mass is 166 g/mol. The van der Waals surface area contributed by atoms with Crippen molar-refractivity contribution in [2.24, 2.45) is 0 Å². The molecule has 12 heavy (non-hydrogen) atoms. The first kappa shape index (κ1) is 8.91. The van der Waals surface area contributed by atoms with E-state index >= 15 is 0 Å². The molecule has 0 radical (unpaired) electrons. The van der Waals surface area contributed by atoms with Gasteiger partial charge in [0.1, 0.15) is 12.1 Å². The number of carbonyl (C=O) groups is 1. The van der Waals surface area contributed by atoms with Crippen LogP contribution < -0.4 is 0 Å². The second-order valence-electron chi connectivity index (χ2n) is 2.84. The molecule has 0 atom stereocenters. The summed E-state index contributed by atoms with van der Waals surface area (Å²) in [6.45, 7) is 1.84. The minimum absolute atomic E-state index is 0.226. The zero-order valence-electron chi connectivity index (χ0n) is 7.01. The third-order valence-electron chi connectivity index (χ3n) is 1.65. The predicted molar refractivity (Wildman–Crippen MR) is 45.5 cm³/mol. The van der Waals surface area contributed by atoms with E-state index in [4.69, 9.17) is 0 Å². The Morgan fingerprint density at radius 3 is 2.75 bits per heavy atom. The zero-order chi connectivity index (χ0) is 8.97. The van der Waals surface area contributed by atoms with E-state index in [1.807, 2.05) is 13.0 Å². The van der Waals surface area contributed by atoms with Gasteiger partial charge >= 0.3 is 0 Å². The lowest BCUT2D eigenvalue weighted by molar-refractivity contribution is -0.107. The average molecular weight is 166 g/mol. The average Bonchev–Trinajstić information content (AvgIpc) is 1.99. The largest absolute Gasteiger partial charge is 0.303 e. The fourth-order valence-electron chi connectivity index (χ4n) is 1.18. The molecule has 0 saturated heterocycles. The molecule has 0 spiro atoms. The van der Waals surface area contributed by atoms with Crippen LogP contribution >= 0.6 is 0 Å². The van der Waals surface area contributed by atoms with Gasteiger partial charge < -0.3 is 4.79 Å². The van der Waals surface area contributed by atoms with E-state index < -0.39 is 0 Å². The van der Waals surface area contributed by atoms with Crippen LogP contribution in [0.4, 0.5) is 4.39 Å². The Morgan fingerprint density at radius 1 is 1.42 bits per heavy atom. The summed E-state index contributed by atoms with van der Waals surface area (Å²) in [7, 11) is 0. The van der Waals surface area contributed by atoms with E-state index in [0.717, 1.165) is 17.4 Å². The van der Waals surface area contributed by atoms with Gasteiger partial charge in [0.2, 0.25) is 0 Å². The molecule has 0 amide bonds. The van der Waals surface area contributed by atoms with Crippen LogP contribution in [0.15, 0.2) is 18.2 Å². The van der Waals surface area contributed by atoms with Gasteiger partial charge in [-0.1, -0.05) is 6.07 Å². The summed E-state index contributed by atoms with van der Waals surface area (Å²) in [6, 6.07) is 4.84. The number of hydrogen-bond acceptors (Lipinski definition) is 1. The molecule has 0 saturated carbocycles. The first-order valence-electron chi connectivity index (χ1n) is 3.92. The van der Waals surface area contributed by atoms with Crippen LogP contribution in [-0.4, -0.2) is 6.29 Å². The molecular weight excluding hydrogens is 155 g/mol. The van der Waals surface area contributed by atoms with E-state index in [1.165, 1.54) is 12.1 Å². The summed E-state index contributed by atoms with van der Waals surface area (Å²) >= 11 is 0. The molecule has 0 unspecified atom stereocenters. The lowest BCUT2D eigenvalue weighted by Gasteiger charge is -1.99. The quantitative estimate of drug-likeness (QED) is 0.629. The molecule has 1 aromatic rings. The van der Waals surface area contributed by atoms with Gasteiger partial charge in [0.25, 0.3) is 0 Å². The van der Waals surface area contributed by atoms with E-state index in [0.29, 0.717) is 12.8 Å². The second kappa shape index (κ2) is 4.00. The summed E-state index contributed by atoms with van der Waals surface area (Å²) in [5, 5.41) is 0. The number of rotatable bonds is 3. The highest BCUT2D eigenvalue weighted by atomic mass is 19.1. The first-order valence-corrected chi connectivity index (χ1v) is 3.92. The number of halogens is 1. The zero-order valence-corrected chi connectivity index (χ0v) is 7.01. The molecule has 64 valence electrons. The van der Waals surface area contributed by atoms with Crippen molar-refractivity contribution in [1.82, 2.24) is 0 Å². The summed E-state index contributed by atoms with van der Waals surface area (Å²) in [5.74, 6) is -0.226. The standard InChI is InChI=1S/C10H11FO/c1-8-5-9(3-2-4-12)7-10(11)6-8/h4-7H,2-3H2,1H3. The summed E-state index contributed by atoms with van der Waals surface area (Å²) in [4.78, 5) is 10.1. The minimum Gasteiger partial charge on any atom is -0.303 e. The van der Waals surface area contributed by atoms with Crippen molar-refractivity contribution in [3.8, 4) is 0 Å². The Bertz CT molecular complexity index is 261. The highest BCUT2D eigenvalue weighted by Gasteiger charge is 1.97. The fourth-order valence-corrected chi connectivity index (χ4v) is 1.18. The van der Waals surface area contributed by atoms with Gasteiger partial charge in [-0.15, -0.1) is 0 Å². The molecule has 0 fully saturated rings. The van der Waals surface area contributed by atoms with Crippen LogP contribution in [0.5, 0.6) is 0 Å². The lowest BCUT2D eigenvalue weighted by atomic mass is 10.1. The fraction of sp³-hybridized carbons (Fsp3) is 0.300. The van der Waals surface area contributed by atoms with Gasteiger partial charge in [0.05, 0.1) is 0 Å². The highest BCUT2D eigenvalue weighted by molar-refractivity contribution is 5.50. The normalized spacial score (nSPS) is 9.83. The van der Waals surface area contributed by atoms with Gasteiger partial charge in [0.15, 0.2) is 0 Å². The predicted octanol–water partition coefficient (Wildman–Crippen LogP) is 2.27. The summed E-state index contributed by atoms with van der Waals surface area (Å²) in [6.07, 6.45) is 1.94. The highest BCUT2D eigenvalue weighted by Crippen LogP contribution is 2.09. The number of aldehydes is 1. The van der Waals surface area contributed by atoms with Crippen LogP contribution in [0, 0.1) is 12.7 Å². The van der Waals surface area contributed by atoms with Crippen molar-refractivity contribution in [2.45, 2.75) is 19.8 Å². The van der Waals surface area contributed by atoms with Crippen molar-refractivity contribution in [1.29, 1.82) is 0 Å². The van der Waals surface area contributed by atoms with Crippen molar-refractivity contribution in [3.63, 3.8) is 0 Å². The Balaban J connectivity index is 2.78. The summed E-state index contributed by atoms with van der Waals surface area (Å²) in [5.41, 5.74) is 1.79.